The van der Waals surface area contributed by atoms with Gasteiger partial charge in [-0.1, -0.05) is 6.42 Å². The number of hydrogen-bond donors (Lipinski definition) is 1. The van der Waals surface area contributed by atoms with Crippen molar-refractivity contribution in [3.8, 4) is 5.88 Å². The van der Waals surface area contributed by atoms with Gasteiger partial charge in [0.05, 0.1) is 18.1 Å². The van der Waals surface area contributed by atoms with E-state index in [0.717, 1.165) is 12.2 Å². The summed E-state index contributed by atoms with van der Waals surface area (Å²) >= 11 is 0. The minimum atomic E-state index is 0.418. The van der Waals surface area contributed by atoms with Crippen molar-refractivity contribution in [3.63, 3.8) is 0 Å². The Balaban J connectivity index is 1.69. The topological polar surface area (TPSA) is 64.3 Å². The van der Waals surface area contributed by atoms with Gasteiger partial charge in [-0.15, -0.1) is 0 Å². The summed E-state index contributed by atoms with van der Waals surface area (Å²) < 4.78 is 5.55. The molecule has 2 heterocycles. The first-order valence-corrected chi connectivity index (χ1v) is 6.24. The van der Waals surface area contributed by atoms with Gasteiger partial charge in [0.1, 0.15) is 6.61 Å². The molecule has 0 atom stereocenters. The van der Waals surface area contributed by atoms with E-state index in [1.54, 1.807) is 12.4 Å². The van der Waals surface area contributed by atoms with Crippen molar-refractivity contribution in [2.75, 3.05) is 26.2 Å². The van der Waals surface area contributed by atoms with Crippen LogP contribution < -0.4 is 10.5 Å². The van der Waals surface area contributed by atoms with Crippen molar-refractivity contribution >= 4 is 0 Å². The molecule has 0 amide bonds. The molecular formula is C12H20N4O. The summed E-state index contributed by atoms with van der Waals surface area (Å²) in [4.78, 5) is 10.7. The van der Waals surface area contributed by atoms with Gasteiger partial charge in [0.15, 0.2) is 0 Å². The third-order valence-corrected chi connectivity index (χ3v) is 3.00. The van der Waals surface area contributed by atoms with E-state index in [4.69, 9.17) is 10.5 Å². The average molecular weight is 236 g/mol. The molecule has 94 valence electrons. The molecule has 0 spiro atoms. The predicted molar refractivity (Wildman–Crippen MR) is 65.7 cm³/mol. The summed E-state index contributed by atoms with van der Waals surface area (Å²) in [6, 6.07) is 0. The van der Waals surface area contributed by atoms with Crippen LogP contribution in [0.5, 0.6) is 5.88 Å². The standard InChI is InChI=1S/C12H20N4O/c13-8-11-9-15-12(10-14-11)17-7-6-16-4-2-1-3-5-16/h9-10H,1-8,13H2. The van der Waals surface area contributed by atoms with Crippen LogP contribution in [0, 0.1) is 0 Å². The highest BCUT2D eigenvalue weighted by Crippen LogP contribution is 2.08. The van der Waals surface area contributed by atoms with Crippen LogP contribution in [0.3, 0.4) is 0 Å². The molecule has 1 aromatic rings. The summed E-state index contributed by atoms with van der Waals surface area (Å²) in [6.07, 6.45) is 7.29. The SMILES string of the molecule is NCc1cnc(OCCN2CCCCC2)cn1. The van der Waals surface area contributed by atoms with Crippen LogP contribution >= 0.6 is 0 Å². The molecule has 0 unspecified atom stereocenters. The maximum atomic E-state index is 5.55. The first kappa shape index (κ1) is 12.3. The first-order chi connectivity index (χ1) is 8.38. The molecule has 17 heavy (non-hydrogen) atoms. The Morgan fingerprint density at radius 2 is 2.00 bits per heavy atom. The highest BCUT2D eigenvalue weighted by atomic mass is 16.5. The first-order valence-electron chi connectivity index (χ1n) is 6.24. The van der Waals surface area contributed by atoms with Crippen LogP contribution in [0.2, 0.25) is 0 Å². The Morgan fingerprint density at radius 3 is 2.65 bits per heavy atom. The summed E-state index contributed by atoms with van der Waals surface area (Å²) in [7, 11) is 0. The lowest BCUT2D eigenvalue weighted by Crippen LogP contribution is -2.33. The van der Waals surface area contributed by atoms with Gasteiger partial charge in [-0.2, -0.15) is 0 Å². The monoisotopic (exact) mass is 236 g/mol. The molecule has 1 aliphatic heterocycles. The Kier molecular flexibility index (Phi) is 4.70. The van der Waals surface area contributed by atoms with Crippen LogP contribution in [0.25, 0.3) is 0 Å². The van der Waals surface area contributed by atoms with Gasteiger partial charge in [-0.05, 0) is 25.9 Å². The molecule has 0 radical (unpaired) electrons. The molecule has 1 aliphatic rings. The van der Waals surface area contributed by atoms with Crippen molar-refractivity contribution in [3.05, 3.63) is 18.1 Å². The molecule has 2 rings (SSSR count). The fraction of sp³-hybridized carbons (Fsp3) is 0.667. The maximum Gasteiger partial charge on any atom is 0.232 e. The lowest BCUT2D eigenvalue weighted by atomic mass is 10.1. The molecule has 0 bridgehead atoms. The van der Waals surface area contributed by atoms with Gasteiger partial charge in [0.25, 0.3) is 0 Å². The van der Waals surface area contributed by atoms with Crippen molar-refractivity contribution in [2.24, 2.45) is 5.73 Å². The number of likely N-dealkylation sites (tertiary alicyclic amines) is 1. The Hall–Kier alpha value is -1.20. The smallest absolute Gasteiger partial charge is 0.232 e. The van der Waals surface area contributed by atoms with Gasteiger partial charge < -0.3 is 10.5 Å². The van der Waals surface area contributed by atoms with Gasteiger partial charge >= 0.3 is 0 Å². The minimum absolute atomic E-state index is 0.418. The van der Waals surface area contributed by atoms with Crippen molar-refractivity contribution in [1.82, 2.24) is 14.9 Å². The van der Waals surface area contributed by atoms with Crippen LogP contribution in [0.15, 0.2) is 12.4 Å². The highest BCUT2D eigenvalue weighted by Gasteiger charge is 2.09. The normalized spacial score (nSPS) is 17.0. The minimum Gasteiger partial charge on any atom is -0.475 e. The zero-order valence-corrected chi connectivity index (χ0v) is 10.1. The molecule has 0 aliphatic carbocycles. The second-order valence-corrected chi connectivity index (χ2v) is 4.30. The number of aromatic nitrogens is 2. The lowest BCUT2D eigenvalue weighted by Gasteiger charge is -2.25. The molecule has 0 saturated carbocycles. The molecule has 5 nitrogen and oxygen atoms in total. The molecule has 2 N–H and O–H groups in total. The summed E-state index contributed by atoms with van der Waals surface area (Å²) in [5.41, 5.74) is 6.23. The predicted octanol–water partition coefficient (Wildman–Crippen LogP) is 0.800. The summed E-state index contributed by atoms with van der Waals surface area (Å²) in [5, 5.41) is 0. The molecule has 0 aromatic carbocycles. The van der Waals surface area contributed by atoms with E-state index in [1.807, 2.05) is 0 Å². The number of ether oxygens (including phenoxy) is 1. The van der Waals surface area contributed by atoms with E-state index < -0.39 is 0 Å². The maximum absolute atomic E-state index is 5.55. The molecule has 5 heteroatoms. The van der Waals surface area contributed by atoms with Gasteiger partial charge in [-0.25, -0.2) is 4.98 Å². The Bertz CT molecular complexity index is 322. The Morgan fingerprint density at radius 1 is 1.18 bits per heavy atom. The van der Waals surface area contributed by atoms with Crippen molar-refractivity contribution < 1.29 is 4.74 Å². The molecule has 1 fully saturated rings. The lowest BCUT2D eigenvalue weighted by molar-refractivity contribution is 0.180. The largest absolute Gasteiger partial charge is 0.475 e. The number of nitrogens with zero attached hydrogens (tertiary/aromatic N) is 3. The van der Waals surface area contributed by atoms with E-state index >= 15 is 0 Å². The number of rotatable bonds is 5. The number of hydrogen-bond acceptors (Lipinski definition) is 5. The van der Waals surface area contributed by atoms with Crippen molar-refractivity contribution in [1.29, 1.82) is 0 Å². The van der Waals surface area contributed by atoms with Crippen LogP contribution in [0.1, 0.15) is 25.0 Å². The van der Waals surface area contributed by atoms with Gasteiger partial charge in [-0.3, -0.25) is 9.88 Å². The van der Waals surface area contributed by atoms with E-state index in [-0.39, 0.29) is 0 Å². The van der Waals surface area contributed by atoms with Gasteiger partial charge in [0.2, 0.25) is 5.88 Å². The van der Waals surface area contributed by atoms with E-state index in [9.17, 15) is 0 Å². The second kappa shape index (κ2) is 6.51. The molecule has 1 saturated heterocycles. The highest BCUT2D eigenvalue weighted by molar-refractivity contribution is 5.06. The second-order valence-electron chi connectivity index (χ2n) is 4.30. The van der Waals surface area contributed by atoms with E-state index in [0.29, 0.717) is 19.0 Å². The summed E-state index contributed by atoms with van der Waals surface area (Å²) in [6.45, 7) is 4.46. The van der Waals surface area contributed by atoms with Crippen LogP contribution in [-0.2, 0) is 6.54 Å². The molecule has 1 aromatic heterocycles. The average Bonchev–Trinajstić information content (AvgIpc) is 2.41. The Labute approximate surface area is 102 Å². The van der Waals surface area contributed by atoms with Crippen molar-refractivity contribution in [2.45, 2.75) is 25.8 Å². The third kappa shape index (κ3) is 3.94. The third-order valence-electron chi connectivity index (χ3n) is 3.00. The van der Waals surface area contributed by atoms with Gasteiger partial charge in [0, 0.05) is 13.1 Å². The fourth-order valence-corrected chi connectivity index (χ4v) is 1.99. The van der Waals surface area contributed by atoms with Crippen LogP contribution in [-0.4, -0.2) is 41.1 Å². The number of nitrogens with two attached hydrogens (primary N) is 1. The number of piperidine rings is 1. The fourth-order valence-electron chi connectivity index (χ4n) is 1.99. The quantitative estimate of drug-likeness (QED) is 0.819. The van der Waals surface area contributed by atoms with Crippen LogP contribution in [0.4, 0.5) is 0 Å². The zero-order chi connectivity index (χ0) is 11.9. The zero-order valence-electron chi connectivity index (χ0n) is 10.1. The van der Waals surface area contributed by atoms with E-state index in [1.165, 1.54) is 32.4 Å². The molecular weight excluding hydrogens is 216 g/mol. The van der Waals surface area contributed by atoms with E-state index in [2.05, 4.69) is 14.9 Å². The summed E-state index contributed by atoms with van der Waals surface area (Å²) in [5.74, 6) is 0.583.